The maximum atomic E-state index is 13.5. The lowest BCUT2D eigenvalue weighted by Gasteiger charge is -2.12. The molecular formula is C19H19F2NO5. The minimum Gasteiger partial charge on any atom is -0.490 e. The van der Waals surface area contributed by atoms with Gasteiger partial charge < -0.3 is 19.5 Å². The number of benzene rings is 2. The zero-order valence-corrected chi connectivity index (χ0v) is 14.9. The lowest BCUT2D eigenvalue weighted by Crippen LogP contribution is -2.21. The molecule has 0 unspecified atom stereocenters. The van der Waals surface area contributed by atoms with Crippen molar-refractivity contribution in [2.75, 3.05) is 25.1 Å². The Morgan fingerprint density at radius 3 is 2.37 bits per heavy atom. The first-order valence-electron chi connectivity index (χ1n) is 8.26. The number of carbonyl (C=O) groups is 2. The number of halogens is 2. The van der Waals surface area contributed by atoms with Crippen molar-refractivity contribution >= 4 is 17.6 Å². The fourth-order valence-corrected chi connectivity index (χ4v) is 2.17. The van der Waals surface area contributed by atoms with Crippen LogP contribution >= 0.6 is 0 Å². The molecule has 0 aromatic heterocycles. The van der Waals surface area contributed by atoms with E-state index in [-0.39, 0.29) is 11.3 Å². The van der Waals surface area contributed by atoms with Gasteiger partial charge in [-0.1, -0.05) is 0 Å². The zero-order valence-electron chi connectivity index (χ0n) is 14.9. The second-order valence-corrected chi connectivity index (χ2v) is 5.28. The van der Waals surface area contributed by atoms with E-state index in [1.807, 2.05) is 6.92 Å². The van der Waals surface area contributed by atoms with Crippen LogP contribution in [0.1, 0.15) is 24.2 Å². The average molecular weight is 379 g/mol. The molecule has 0 saturated carbocycles. The number of nitrogens with one attached hydrogen (secondary N) is 1. The van der Waals surface area contributed by atoms with Crippen LogP contribution in [0, 0.1) is 11.6 Å². The monoisotopic (exact) mass is 379 g/mol. The first-order chi connectivity index (χ1) is 12.9. The summed E-state index contributed by atoms with van der Waals surface area (Å²) < 4.78 is 42.3. The lowest BCUT2D eigenvalue weighted by atomic mass is 10.2. The van der Waals surface area contributed by atoms with Gasteiger partial charge in [0.2, 0.25) is 0 Å². The van der Waals surface area contributed by atoms with Crippen LogP contribution in [-0.2, 0) is 9.53 Å². The van der Waals surface area contributed by atoms with E-state index >= 15 is 0 Å². The third-order valence-electron chi connectivity index (χ3n) is 3.32. The molecule has 0 aliphatic rings. The first-order valence-corrected chi connectivity index (χ1v) is 8.26. The summed E-state index contributed by atoms with van der Waals surface area (Å²) in [5.41, 5.74) is -0.178. The molecule has 0 radical (unpaired) electrons. The second-order valence-electron chi connectivity index (χ2n) is 5.28. The third kappa shape index (κ3) is 5.67. The molecular weight excluding hydrogens is 360 g/mol. The summed E-state index contributed by atoms with van der Waals surface area (Å²) >= 11 is 0. The van der Waals surface area contributed by atoms with Gasteiger partial charge in [-0.25, -0.2) is 13.6 Å². The molecule has 0 fully saturated rings. The van der Waals surface area contributed by atoms with Gasteiger partial charge in [0, 0.05) is 6.07 Å². The molecule has 0 spiro atoms. The molecule has 2 aromatic rings. The summed E-state index contributed by atoms with van der Waals surface area (Å²) in [6.07, 6.45) is 0. The van der Waals surface area contributed by atoms with Gasteiger partial charge in [0.1, 0.15) is 11.6 Å². The normalized spacial score (nSPS) is 10.2. The quantitative estimate of drug-likeness (QED) is 0.710. The van der Waals surface area contributed by atoms with Crippen molar-refractivity contribution in [1.82, 2.24) is 0 Å². The Labute approximate surface area is 155 Å². The number of hydrogen-bond donors (Lipinski definition) is 1. The third-order valence-corrected chi connectivity index (χ3v) is 3.32. The molecule has 0 heterocycles. The van der Waals surface area contributed by atoms with Crippen molar-refractivity contribution in [1.29, 1.82) is 0 Å². The molecule has 0 saturated heterocycles. The van der Waals surface area contributed by atoms with Gasteiger partial charge >= 0.3 is 5.97 Å². The van der Waals surface area contributed by atoms with E-state index in [1.165, 1.54) is 12.1 Å². The van der Waals surface area contributed by atoms with Crippen LogP contribution in [0.25, 0.3) is 0 Å². The Bertz CT molecular complexity index is 826. The molecule has 2 rings (SSSR count). The number of anilines is 1. The van der Waals surface area contributed by atoms with Gasteiger partial charge in [-0.05, 0) is 44.2 Å². The van der Waals surface area contributed by atoms with Crippen molar-refractivity contribution in [3.63, 3.8) is 0 Å². The van der Waals surface area contributed by atoms with Crippen LogP contribution < -0.4 is 14.8 Å². The molecule has 144 valence electrons. The highest BCUT2D eigenvalue weighted by molar-refractivity contribution is 5.95. The summed E-state index contributed by atoms with van der Waals surface area (Å²) in [6.45, 7) is 3.75. The number of esters is 1. The summed E-state index contributed by atoms with van der Waals surface area (Å²) in [7, 11) is 0. The van der Waals surface area contributed by atoms with Gasteiger partial charge in [-0.2, -0.15) is 0 Å². The van der Waals surface area contributed by atoms with Gasteiger partial charge in [0.15, 0.2) is 18.1 Å². The first kappa shape index (κ1) is 20.2. The molecule has 0 aliphatic heterocycles. The van der Waals surface area contributed by atoms with Gasteiger partial charge in [-0.15, -0.1) is 0 Å². The van der Waals surface area contributed by atoms with E-state index in [0.29, 0.717) is 24.7 Å². The zero-order chi connectivity index (χ0) is 19.8. The van der Waals surface area contributed by atoms with E-state index in [2.05, 4.69) is 5.32 Å². The number of hydrogen-bond acceptors (Lipinski definition) is 5. The molecule has 8 heteroatoms. The van der Waals surface area contributed by atoms with Gasteiger partial charge in [0.25, 0.3) is 5.91 Å². The smallest absolute Gasteiger partial charge is 0.338 e. The van der Waals surface area contributed by atoms with Crippen LogP contribution in [0.3, 0.4) is 0 Å². The fraction of sp³-hybridized carbons (Fsp3) is 0.263. The molecule has 1 amide bonds. The maximum absolute atomic E-state index is 13.5. The maximum Gasteiger partial charge on any atom is 0.338 e. The standard InChI is InChI=1S/C19H19F2NO5/c1-3-25-16-8-5-12(9-17(16)26-4-2)19(24)27-11-18(23)22-15-10-13(20)6-7-14(15)21/h5-10H,3-4,11H2,1-2H3,(H,22,23). The lowest BCUT2D eigenvalue weighted by molar-refractivity contribution is -0.119. The molecule has 1 N–H and O–H groups in total. The topological polar surface area (TPSA) is 73.9 Å². The highest BCUT2D eigenvalue weighted by Crippen LogP contribution is 2.28. The Morgan fingerprint density at radius 2 is 1.67 bits per heavy atom. The molecule has 0 aliphatic carbocycles. The van der Waals surface area contributed by atoms with Crippen molar-refractivity contribution in [3.8, 4) is 11.5 Å². The summed E-state index contributed by atoms with van der Waals surface area (Å²) in [5, 5.41) is 2.14. The Balaban J connectivity index is 1.99. The predicted molar refractivity (Wildman–Crippen MR) is 94.1 cm³/mol. The molecule has 27 heavy (non-hydrogen) atoms. The van der Waals surface area contributed by atoms with Crippen molar-refractivity contribution in [3.05, 3.63) is 53.6 Å². The fourth-order valence-electron chi connectivity index (χ4n) is 2.17. The van der Waals surface area contributed by atoms with Crippen LogP contribution in [0.2, 0.25) is 0 Å². The Kier molecular flexibility index (Phi) is 7.10. The summed E-state index contributed by atoms with van der Waals surface area (Å²) in [5.74, 6) is -2.22. The SMILES string of the molecule is CCOc1ccc(C(=O)OCC(=O)Nc2cc(F)ccc2F)cc1OCC. The van der Waals surface area contributed by atoms with E-state index in [0.717, 1.165) is 18.2 Å². The molecule has 0 bridgehead atoms. The minimum atomic E-state index is -0.802. The van der Waals surface area contributed by atoms with Crippen LogP contribution in [0.4, 0.5) is 14.5 Å². The number of rotatable bonds is 8. The molecule has 2 aromatic carbocycles. The van der Waals surface area contributed by atoms with E-state index in [1.54, 1.807) is 13.0 Å². The largest absolute Gasteiger partial charge is 0.490 e. The van der Waals surface area contributed by atoms with E-state index in [4.69, 9.17) is 14.2 Å². The van der Waals surface area contributed by atoms with E-state index in [9.17, 15) is 18.4 Å². The highest BCUT2D eigenvalue weighted by Gasteiger charge is 2.15. The van der Waals surface area contributed by atoms with Crippen molar-refractivity contribution in [2.24, 2.45) is 0 Å². The average Bonchev–Trinajstić information content (AvgIpc) is 2.64. The second kappa shape index (κ2) is 9.51. The number of amides is 1. The van der Waals surface area contributed by atoms with Crippen LogP contribution in [0.15, 0.2) is 36.4 Å². The predicted octanol–water partition coefficient (Wildman–Crippen LogP) is 3.56. The highest BCUT2D eigenvalue weighted by atomic mass is 19.1. The van der Waals surface area contributed by atoms with Crippen LogP contribution in [0.5, 0.6) is 11.5 Å². The van der Waals surface area contributed by atoms with Gasteiger partial charge in [0.05, 0.1) is 24.5 Å². The number of carbonyl (C=O) groups excluding carboxylic acids is 2. The van der Waals surface area contributed by atoms with Crippen molar-refractivity contribution in [2.45, 2.75) is 13.8 Å². The summed E-state index contributed by atoms with van der Waals surface area (Å²) in [6, 6.07) is 7.11. The minimum absolute atomic E-state index is 0.159. The molecule has 6 nitrogen and oxygen atoms in total. The van der Waals surface area contributed by atoms with Gasteiger partial charge in [-0.3, -0.25) is 4.79 Å². The van der Waals surface area contributed by atoms with Crippen LogP contribution in [-0.4, -0.2) is 31.7 Å². The molecule has 0 atom stereocenters. The van der Waals surface area contributed by atoms with Crippen molar-refractivity contribution < 1.29 is 32.6 Å². The summed E-state index contributed by atoms with van der Waals surface area (Å²) in [4.78, 5) is 23.9. The Morgan fingerprint density at radius 1 is 0.963 bits per heavy atom. The Hall–Kier alpha value is -3.16. The number of ether oxygens (including phenoxy) is 3. The van der Waals surface area contributed by atoms with E-state index < -0.39 is 30.1 Å².